The van der Waals surface area contributed by atoms with Gasteiger partial charge in [0.25, 0.3) is 5.95 Å². The minimum atomic E-state index is 0.173. The number of aromatic nitrogens is 6. The minimum Gasteiger partial charge on any atom is -0.368 e. The van der Waals surface area contributed by atoms with Gasteiger partial charge in [0.1, 0.15) is 12.7 Å². The summed E-state index contributed by atoms with van der Waals surface area (Å²) >= 11 is 0. The molecule has 0 unspecified atom stereocenters. The molecule has 2 aromatic rings. The highest BCUT2D eigenvalue weighted by atomic mass is 15.4. The monoisotopic (exact) mass is 246 g/mol. The van der Waals surface area contributed by atoms with Crippen molar-refractivity contribution in [2.45, 2.75) is 19.3 Å². The predicted molar refractivity (Wildman–Crippen MR) is 65.0 cm³/mol. The zero-order chi connectivity index (χ0) is 12.4. The molecule has 0 atom stereocenters. The van der Waals surface area contributed by atoms with E-state index in [9.17, 15) is 0 Å². The van der Waals surface area contributed by atoms with Crippen LogP contribution in [0.2, 0.25) is 0 Å². The molecule has 0 aliphatic heterocycles. The second-order valence-electron chi connectivity index (χ2n) is 4.34. The molecule has 1 saturated carbocycles. The minimum absolute atomic E-state index is 0.173. The maximum atomic E-state index is 5.65. The van der Waals surface area contributed by atoms with Gasteiger partial charge in [0.05, 0.1) is 0 Å². The summed E-state index contributed by atoms with van der Waals surface area (Å²) in [5, 5.41) is 7.15. The van der Waals surface area contributed by atoms with E-state index in [1.807, 2.05) is 0 Å². The average molecular weight is 246 g/mol. The molecule has 0 radical (unpaired) electrons. The third-order valence-electron chi connectivity index (χ3n) is 3.04. The van der Waals surface area contributed by atoms with Crippen molar-refractivity contribution in [3.05, 3.63) is 12.7 Å². The Kier molecular flexibility index (Phi) is 2.75. The van der Waals surface area contributed by atoms with Crippen molar-refractivity contribution in [1.29, 1.82) is 0 Å². The molecule has 0 saturated heterocycles. The number of nitrogens with one attached hydrogen (secondary N) is 1. The Morgan fingerprint density at radius 2 is 2.22 bits per heavy atom. The molecule has 2 heterocycles. The Hall–Kier alpha value is -2.25. The van der Waals surface area contributed by atoms with Crippen molar-refractivity contribution in [2.24, 2.45) is 5.92 Å². The quantitative estimate of drug-likeness (QED) is 0.795. The van der Waals surface area contributed by atoms with E-state index in [0.29, 0.717) is 11.9 Å². The molecule has 2 aromatic heterocycles. The molecule has 0 aromatic carbocycles. The first kappa shape index (κ1) is 10.9. The van der Waals surface area contributed by atoms with Crippen molar-refractivity contribution >= 4 is 11.9 Å². The van der Waals surface area contributed by atoms with Crippen LogP contribution < -0.4 is 11.1 Å². The fourth-order valence-electron chi connectivity index (χ4n) is 1.81. The largest absolute Gasteiger partial charge is 0.368 e. The van der Waals surface area contributed by atoms with Gasteiger partial charge in [-0.1, -0.05) is 6.42 Å². The van der Waals surface area contributed by atoms with Crippen molar-refractivity contribution in [1.82, 2.24) is 29.7 Å². The Bertz CT molecular complexity index is 519. The first-order valence-electron chi connectivity index (χ1n) is 5.92. The van der Waals surface area contributed by atoms with Crippen LogP contribution in [-0.4, -0.2) is 36.3 Å². The first-order chi connectivity index (χ1) is 8.81. The van der Waals surface area contributed by atoms with Gasteiger partial charge in [-0.2, -0.15) is 24.7 Å². The van der Waals surface area contributed by atoms with Crippen LogP contribution in [0.5, 0.6) is 0 Å². The van der Waals surface area contributed by atoms with Crippen molar-refractivity contribution in [3.8, 4) is 5.95 Å². The number of hydrogen-bond acceptors (Lipinski definition) is 7. The predicted octanol–water partition coefficient (Wildman–Crippen LogP) is 0.246. The van der Waals surface area contributed by atoms with E-state index in [2.05, 4.69) is 30.4 Å². The third-order valence-corrected chi connectivity index (χ3v) is 3.04. The standard InChI is InChI=1S/C10H14N8/c11-8-15-9(13-4-7-2-1-3-7)17-10(16-8)18-6-12-5-14-18/h5-7H,1-4H2,(H3,11,13,15,16,17). The van der Waals surface area contributed by atoms with E-state index in [0.717, 1.165) is 12.5 Å². The molecule has 1 aliphatic carbocycles. The summed E-state index contributed by atoms with van der Waals surface area (Å²) in [5.41, 5.74) is 5.65. The van der Waals surface area contributed by atoms with Gasteiger partial charge in [-0.25, -0.2) is 4.98 Å². The van der Waals surface area contributed by atoms with Crippen LogP contribution in [0.1, 0.15) is 19.3 Å². The fraction of sp³-hybridized carbons (Fsp3) is 0.500. The number of nitrogen functional groups attached to an aromatic ring is 1. The maximum absolute atomic E-state index is 5.65. The van der Waals surface area contributed by atoms with E-state index in [-0.39, 0.29) is 5.95 Å². The van der Waals surface area contributed by atoms with E-state index < -0.39 is 0 Å². The van der Waals surface area contributed by atoms with Gasteiger partial charge in [0, 0.05) is 6.54 Å². The first-order valence-corrected chi connectivity index (χ1v) is 5.92. The molecule has 3 rings (SSSR count). The third kappa shape index (κ3) is 2.22. The molecule has 1 fully saturated rings. The van der Waals surface area contributed by atoms with Crippen molar-refractivity contribution in [3.63, 3.8) is 0 Å². The van der Waals surface area contributed by atoms with Crippen molar-refractivity contribution < 1.29 is 0 Å². The highest BCUT2D eigenvalue weighted by molar-refractivity contribution is 5.34. The van der Waals surface area contributed by atoms with E-state index in [1.165, 1.54) is 36.6 Å². The van der Waals surface area contributed by atoms with Crippen LogP contribution >= 0.6 is 0 Å². The molecule has 0 spiro atoms. The Balaban J connectivity index is 1.77. The van der Waals surface area contributed by atoms with Gasteiger partial charge in [-0.15, -0.1) is 0 Å². The van der Waals surface area contributed by atoms with Crippen LogP contribution in [0.25, 0.3) is 5.95 Å². The summed E-state index contributed by atoms with van der Waals surface area (Å²) < 4.78 is 1.45. The van der Waals surface area contributed by atoms with E-state index in [4.69, 9.17) is 5.73 Å². The SMILES string of the molecule is Nc1nc(NCC2CCC2)nc(-n2cncn2)n1. The molecule has 8 nitrogen and oxygen atoms in total. The maximum Gasteiger partial charge on any atom is 0.258 e. The molecule has 18 heavy (non-hydrogen) atoms. The molecule has 0 bridgehead atoms. The molecule has 3 N–H and O–H groups in total. The molecule has 94 valence electrons. The number of nitrogens with two attached hydrogens (primary N) is 1. The Morgan fingerprint density at radius 1 is 1.33 bits per heavy atom. The molecule has 1 aliphatic rings. The summed E-state index contributed by atoms with van der Waals surface area (Å²) in [6.07, 6.45) is 6.79. The number of anilines is 2. The zero-order valence-electron chi connectivity index (χ0n) is 9.82. The van der Waals surface area contributed by atoms with Gasteiger partial charge in [0.2, 0.25) is 11.9 Å². The lowest BCUT2D eigenvalue weighted by Crippen LogP contribution is -2.22. The van der Waals surface area contributed by atoms with Gasteiger partial charge in [-0.05, 0) is 18.8 Å². The van der Waals surface area contributed by atoms with Crippen LogP contribution in [0.3, 0.4) is 0 Å². The normalized spacial score (nSPS) is 15.3. The number of rotatable bonds is 4. The van der Waals surface area contributed by atoms with Crippen LogP contribution in [0, 0.1) is 5.92 Å². The van der Waals surface area contributed by atoms with E-state index >= 15 is 0 Å². The zero-order valence-corrected chi connectivity index (χ0v) is 9.82. The summed E-state index contributed by atoms with van der Waals surface area (Å²) in [5.74, 6) is 1.75. The highest BCUT2D eigenvalue weighted by Gasteiger charge is 2.17. The topological polar surface area (TPSA) is 107 Å². The average Bonchev–Trinajstić information content (AvgIpc) is 2.79. The van der Waals surface area contributed by atoms with Crippen LogP contribution in [-0.2, 0) is 0 Å². The molecule has 0 amide bonds. The molecule has 8 heteroatoms. The fourth-order valence-corrected chi connectivity index (χ4v) is 1.81. The van der Waals surface area contributed by atoms with Crippen LogP contribution in [0.15, 0.2) is 12.7 Å². The lowest BCUT2D eigenvalue weighted by atomic mass is 9.85. The number of nitrogens with zero attached hydrogens (tertiary/aromatic N) is 6. The van der Waals surface area contributed by atoms with Crippen molar-refractivity contribution in [2.75, 3.05) is 17.6 Å². The summed E-state index contributed by atoms with van der Waals surface area (Å²) in [4.78, 5) is 16.2. The lowest BCUT2D eigenvalue weighted by molar-refractivity contribution is 0.333. The van der Waals surface area contributed by atoms with E-state index in [1.54, 1.807) is 0 Å². The summed E-state index contributed by atoms with van der Waals surface area (Å²) in [7, 11) is 0. The van der Waals surface area contributed by atoms with Gasteiger partial charge >= 0.3 is 0 Å². The molecular weight excluding hydrogens is 232 g/mol. The van der Waals surface area contributed by atoms with Gasteiger partial charge in [-0.3, -0.25) is 0 Å². The van der Waals surface area contributed by atoms with Gasteiger partial charge in [0.15, 0.2) is 0 Å². The highest BCUT2D eigenvalue weighted by Crippen LogP contribution is 2.26. The second kappa shape index (κ2) is 4.55. The lowest BCUT2D eigenvalue weighted by Gasteiger charge is -2.25. The Morgan fingerprint density at radius 3 is 2.89 bits per heavy atom. The summed E-state index contributed by atoms with van der Waals surface area (Å²) in [6, 6.07) is 0. The van der Waals surface area contributed by atoms with Gasteiger partial charge < -0.3 is 11.1 Å². The summed E-state index contributed by atoms with van der Waals surface area (Å²) in [6.45, 7) is 0.875. The number of hydrogen-bond donors (Lipinski definition) is 2. The molecular formula is C10H14N8. The second-order valence-corrected chi connectivity index (χ2v) is 4.34. The Labute approximate surface area is 104 Å². The van der Waals surface area contributed by atoms with Crippen LogP contribution in [0.4, 0.5) is 11.9 Å². The smallest absolute Gasteiger partial charge is 0.258 e.